The highest BCUT2D eigenvalue weighted by atomic mass is 16.6. The molecule has 0 spiro atoms. The molecule has 6 nitrogen and oxygen atoms in total. The number of nitro groups is 1. The molecule has 0 bridgehead atoms. The molecule has 0 aliphatic heterocycles. The molecule has 0 atom stereocenters. The molecule has 0 saturated heterocycles. The summed E-state index contributed by atoms with van der Waals surface area (Å²) in [7, 11) is 0. The van der Waals surface area contributed by atoms with Crippen LogP contribution in [0.25, 0.3) is 0 Å². The lowest BCUT2D eigenvalue weighted by molar-refractivity contribution is -0.384. The van der Waals surface area contributed by atoms with Crippen molar-refractivity contribution >= 4 is 11.5 Å². The molecule has 0 unspecified atom stereocenters. The van der Waals surface area contributed by atoms with Crippen LogP contribution in [0, 0.1) is 10.1 Å². The van der Waals surface area contributed by atoms with Crippen LogP contribution in [0.2, 0.25) is 0 Å². The first-order valence-corrected chi connectivity index (χ1v) is 6.06. The summed E-state index contributed by atoms with van der Waals surface area (Å²) < 4.78 is 10.6. The number of hydrogen-bond acceptors (Lipinski definition) is 5. The van der Waals surface area contributed by atoms with E-state index in [2.05, 4.69) is 0 Å². The maximum absolute atomic E-state index is 11.4. The van der Waals surface area contributed by atoms with Gasteiger partial charge in [-0.1, -0.05) is 0 Å². The number of carbonyl (C=O) groups is 1. The first kappa shape index (κ1) is 15.1. The highest BCUT2D eigenvalue weighted by Gasteiger charge is 2.14. The number of ketones is 1. The van der Waals surface area contributed by atoms with Crippen molar-refractivity contribution in [3.05, 3.63) is 33.9 Å². The second-order valence-corrected chi connectivity index (χ2v) is 3.89. The fourth-order valence-corrected chi connectivity index (χ4v) is 1.52. The van der Waals surface area contributed by atoms with E-state index in [0.29, 0.717) is 32.0 Å². The average Bonchev–Trinajstić information content (AvgIpc) is 2.38. The van der Waals surface area contributed by atoms with E-state index in [1.807, 2.05) is 6.92 Å². The zero-order valence-corrected chi connectivity index (χ0v) is 11.0. The highest BCUT2D eigenvalue weighted by molar-refractivity contribution is 5.97. The number of hydrogen-bond donors (Lipinski definition) is 0. The molecule has 6 heteroatoms. The van der Waals surface area contributed by atoms with Gasteiger partial charge >= 0.3 is 0 Å². The Bertz CT molecular complexity index is 458. The van der Waals surface area contributed by atoms with E-state index in [1.54, 1.807) is 0 Å². The van der Waals surface area contributed by atoms with Crippen LogP contribution in [0.1, 0.15) is 30.6 Å². The number of ether oxygens (including phenoxy) is 2. The molecule has 104 valence electrons. The van der Waals surface area contributed by atoms with E-state index < -0.39 is 4.92 Å². The van der Waals surface area contributed by atoms with Crippen molar-refractivity contribution < 1.29 is 19.2 Å². The lowest BCUT2D eigenvalue weighted by Gasteiger charge is -2.09. The predicted molar refractivity (Wildman–Crippen MR) is 69.7 cm³/mol. The van der Waals surface area contributed by atoms with Crippen LogP contribution in [-0.2, 0) is 4.74 Å². The number of benzene rings is 1. The van der Waals surface area contributed by atoms with Crippen molar-refractivity contribution in [1.82, 2.24) is 0 Å². The Kier molecular flexibility index (Phi) is 5.95. The minimum atomic E-state index is -0.536. The van der Waals surface area contributed by atoms with Crippen molar-refractivity contribution in [1.29, 1.82) is 0 Å². The summed E-state index contributed by atoms with van der Waals surface area (Å²) in [5, 5.41) is 10.7. The van der Waals surface area contributed by atoms with E-state index >= 15 is 0 Å². The van der Waals surface area contributed by atoms with Crippen LogP contribution in [0.3, 0.4) is 0 Å². The van der Waals surface area contributed by atoms with Gasteiger partial charge in [-0.25, -0.2) is 0 Å². The van der Waals surface area contributed by atoms with Crippen molar-refractivity contribution in [3.8, 4) is 5.75 Å². The third-order valence-electron chi connectivity index (χ3n) is 2.45. The smallest absolute Gasteiger partial charge is 0.270 e. The zero-order chi connectivity index (χ0) is 14.3. The molecule has 0 heterocycles. The number of rotatable bonds is 8. The molecule has 19 heavy (non-hydrogen) atoms. The number of nitrogens with zero attached hydrogens (tertiary/aromatic N) is 1. The van der Waals surface area contributed by atoms with Gasteiger partial charge in [-0.05, 0) is 19.9 Å². The van der Waals surface area contributed by atoms with Gasteiger partial charge in [-0.15, -0.1) is 0 Å². The number of nitro benzene ring substituents is 1. The summed E-state index contributed by atoms with van der Waals surface area (Å²) in [6.07, 6.45) is 0.697. The summed E-state index contributed by atoms with van der Waals surface area (Å²) >= 11 is 0. The van der Waals surface area contributed by atoms with Crippen LogP contribution in [0.4, 0.5) is 5.69 Å². The molecule has 0 N–H and O–H groups in total. The molecule has 1 aromatic rings. The summed E-state index contributed by atoms with van der Waals surface area (Å²) in [6, 6.07) is 4.01. The van der Waals surface area contributed by atoms with Gasteiger partial charge in [0.15, 0.2) is 5.78 Å². The van der Waals surface area contributed by atoms with Crippen LogP contribution < -0.4 is 4.74 Å². The molecule has 1 aromatic carbocycles. The van der Waals surface area contributed by atoms with E-state index in [1.165, 1.54) is 25.1 Å². The van der Waals surface area contributed by atoms with E-state index in [-0.39, 0.29) is 17.0 Å². The third kappa shape index (κ3) is 4.67. The molecule has 0 saturated carbocycles. The first-order valence-electron chi connectivity index (χ1n) is 6.06. The minimum Gasteiger partial charge on any atom is -0.493 e. The summed E-state index contributed by atoms with van der Waals surface area (Å²) in [5.74, 6) is 0.109. The predicted octanol–water partition coefficient (Wildman–Crippen LogP) is 2.60. The fraction of sp³-hybridized carbons (Fsp3) is 0.462. The van der Waals surface area contributed by atoms with Gasteiger partial charge in [0.25, 0.3) is 5.69 Å². The quantitative estimate of drug-likeness (QED) is 0.313. The van der Waals surface area contributed by atoms with Crippen LogP contribution in [0.5, 0.6) is 5.75 Å². The molecule has 0 radical (unpaired) electrons. The Balaban J connectivity index is 2.71. The van der Waals surface area contributed by atoms with Gasteiger partial charge in [0.05, 0.1) is 17.1 Å². The molecule has 0 amide bonds. The SMILES string of the molecule is CCOCCCOc1ccc([N+](=O)[O-])cc1C(C)=O. The van der Waals surface area contributed by atoms with Crippen molar-refractivity contribution in [2.45, 2.75) is 20.3 Å². The minimum absolute atomic E-state index is 0.119. The van der Waals surface area contributed by atoms with E-state index in [0.717, 1.165) is 0 Å². The van der Waals surface area contributed by atoms with Gasteiger partial charge in [-0.2, -0.15) is 0 Å². The molecule has 0 fully saturated rings. The summed E-state index contributed by atoms with van der Waals surface area (Å²) in [5.41, 5.74) is 0.109. The van der Waals surface area contributed by atoms with Crippen LogP contribution >= 0.6 is 0 Å². The first-order chi connectivity index (χ1) is 9.06. The van der Waals surface area contributed by atoms with Crippen LogP contribution in [0.15, 0.2) is 18.2 Å². The largest absolute Gasteiger partial charge is 0.493 e. The van der Waals surface area contributed by atoms with Crippen molar-refractivity contribution in [2.24, 2.45) is 0 Å². The lowest BCUT2D eigenvalue weighted by atomic mass is 10.1. The second kappa shape index (κ2) is 7.48. The standard InChI is InChI=1S/C13H17NO5/c1-3-18-7-4-8-19-13-6-5-11(14(16)17)9-12(13)10(2)15/h5-6,9H,3-4,7-8H2,1-2H3. The Morgan fingerprint density at radius 1 is 1.37 bits per heavy atom. The number of Topliss-reactive ketones (excluding diaryl/α,β-unsaturated/α-hetero) is 1. The van der Waals surface area contributed by atoms with Gasteiger partial charge < -0.3 is 9.47 Å². The molecule has 0 aliphatic rings. The molecule has 0 aromatic heterocycles. The normalized spacial score (nSPS) is 10.2. The Morgan fingerprint density at radius 3 is 2.68 bits per heavy atom. The van der Waals surface area contributed by atoms with Gasteiger partial charge in [-0.3, -0.25) is 14.9 Å². The highest BCUT2D eigenvalue weighted by Crippen LogP contribution is 2.24. The monoisotopic (exact) mass is 267 g/mol. The second-order valence-electron chi connectivity index (χ2n) is 3.89. The molecular weight excluding hydrogens is 250 g/mol. The molecule has 1 rings (SSSR count). The Hall–Kier alpha value is -1.95. The Labute approximate surface area is 111 Å². The van der Waals surface area contributed by atoms with E-state index in [4.69, 9.17) is 9.47 Å². The van der Waals surface area contributed by atoms with Crippen molar-refractivity contribution in [2.75, 3.05) is 19.8 Å². The lowest BCUT2D eigenvalue weighted by Crippen LogP contribution is -2.06. The number of non-ortho nitro benzene ring substituents is 1. The maximum Gasteiger partial charge on any atom is 0.270 e. The Morgan fingerprint density at radius 2 is 2.11 bits per heavy atom. The molecule has 0 aliphatic carbocycles. The van der Waals surface area contributed by atoms with E-state index in [9.17, 15) is 14.9 Å². The summed E-state index contributed by atoms with van der Waals surface area (Å²) in [4.78, 5) is 21.6. The van der Waals surface area contributed by atoms with Gasteiger partial charge in [0.2, 0.25) is 0 Å². The summed E-state index contributed by atoms with van der Waals surface area (Å²) in [6.45, 7) is 4.89. The zero-order valence-electron chi connectivity index (χ0n) is 11.0. The van der Waals surface area contributed by atoms with Gasteiger partial charge in [0.1, 0.15) is 5.75 Å². The fourth-order valence-electron chi connectivity index (χ4n) is 1.52. The average molecular weight is 267 g/mol. The third-order valence-corrected chi connectivity index (χ3v) is 2.45. The maximum atomic E-state index is 11.4. The van der Waals surface area contributed by atoms with Gasteiger partial charge in [0, 0.05) is 31.8 Å². The number of carbonyl (C=O) groups excluding carboxylic acids is 1. The topological polar surface area (TPSA) is 78.7 Å². The van der Waals surface area contributed by atoms with Crippen LogP contribution in [-0.4, -0.2) is 30.5 Å². The molecular formula is C13H17NO5. The van der Waals surface area contributed by atoms with Crippen molar-refractivity contribution in [3.63, 3.8) is 0 Å².